The van der Waals surface area contributed by atoms with Crippen LogP contribution in [-0.4, -0.2) is 66.5 Å². The van der Waals surface area contributed by atoms with Crippen LogP contribution in [0.1, 0.15) is 72.1 Å². The number of hydrogen-bond donors (Lipinski definition) is 2. The summed E-state index contributed by atoms with van der Waals surface area (Å²) in [6.07, 6.45) is 8.90. The molecule has 9 heteroatoms. The first-order valence-corrected chi connectivity index (χ1v) is 14.0. The molecule has 1 aliphatic carbocycles. The van der Waals surface area contributed by atoms with Crippen LogP contribution in [0.2, 0.25) is 0 Å². The lowest BCUT2D eigenvalue weighted by Crippen LogP contribution is -2.30. The van der Waals surface area contributed by atoms with Crippen molar-refractivity contribution in [2.24, 2.45) is 12.0 Å². The molecule has 0 atom stereocenters. The molecule has 2 N–H and O–H groups in total. The van der Waals surface area contributed by atoms with Crippen LogP contribution >= 0.6 is 0 Å². The number of aliphatic hydroxyl groups excluding tert-OH is 1. The highest BCUT2D eigenvalue weighted by Crippen LogP contribution is 2.33. The Morgan fingerprint density at radius 2 is 1.82 bits per heavy atom. The van der Waals surface area contributed by atoms with Crippen LogP contribution in [0.3, 0.4) is 0 Å². The topological polar surface area (TPSA) is 104 Å². The summed E-state index contributed by atoms with van der Waals surface area (Å²) in [6, 6.07) is 10.4. The number of rotatable bonds is 4. The number of imidazole rings is 1. The normalized spacial score (nSPS) is 21.6. The van der Waals surface area contributed by atoms with Crippen LogP contribution in [0, 0.1) is 6.92 Å². The summed E-state index contributed by atoms with van der Waals surface area (Å²) in [7, 11) is 4.05. The van der Waals surface area contributed by atoms with Gasteiger partial charge in [0.15, 0.2) is 0 Å². The molecule has 0 radical (unpaired) electrons. The SMILES string of the molecule is Cc1cc(C(=O)/N=c2\[nH]c3ccc(C4CCN(C)CC4)cc3n2[C@H]2CC[C@@H](O)CC2)cc(-c2cnn(C)c2)n1. The Labute approximate surface area is 228 Å². The fourth-order valence-electron chi connectivity index (χ4n) is 6.17. The number of pyridine rings is 1. The van der Waals surface area contributed by atoms with Crippen molar-refractivity contribution in [3.63, 3.8) is 0 Å². The molecule has 39 heavy (non-hydrogen) atoms. The van der Waals surface area contributed by atoms with Crippen molar-refractivity contribution in [3.8, 4) is 11.3 Å². The van der Waals surface area contributed by atoms with E-state index in [2.05, 4.69) is 54.8 Å². The van der Waals surface area contributed by atoms with Gasteiger partial charge in [-0.25, -0.2) is 0 Å². The Kier molecular flexibility index (Phi) is 6.95. The van der Waals surface area contributed by atoms with E-state index in [0.29, 0.717) is 22.8 Å². The molecule has 1 amide bonds. The fraction of sp³-hybridized carbons (Fsp3) is 0.467. The maximum atomic E-state index is 13.6. The average molecular weight is 528 g/mol. The first-order chi connectivity index (χ1) is 18.8. The van der Waals surface area contributed by atoms with Crippen LogP contribution in [0.15, 0.2) is 47.7 Å². The average Bonchev–Trinajstić information content (AvgIpc) is 3.52. The van der Waals surface area contributed by atoms with Gasteiger partial charge >= 0.3 is 0 Å². The van der Waals surface area contributed by atoms with Crippen LogP contribution in [0.4, 0.5) is 0 Å². The molecule has 2 aliphatic rings. The third-order valence-electron chi connectivity index (χ3n) is 8.39. The number of hydrogen-bond acceptors (Lipinski definition) is 5. The zero-order valence-corrected chi connectivity index (χ0v) is 23.0. The van der Waals surface area contributed by atoms with Crippen molar-refractivity contribution >= 4 is 16.9 Å². The highest BCUT2D eigenvalue weighted by molar-refractivity contribution is 5.96. The molecule has 4 aromatic rings. The Morgan fingerprint density at radius 3 is 2.54 bits per heavy atom. The molecule has 4 heterocycles. The minimum Gasteiger partial charge on any atom is -0.393 e. The fourth-order valence-corrected chi connectivity index (χ4v) is 6.17. The van der Waals surface area contributed by atoms with Crippen molar-refractivity contribution in [2.75, 3.05) is 20.1 Å². The Hall–Kier alpha value is -3.56. The molecule has 6 rings (SSSR count). The number of benzene rings is 1. The van der Waals surface area contributed by atoms with Gasteiger partial charge in [0, 0.05) is 36.1 Å². The number of fused-ring (bicyclic) bond motifs is 1. The summed E-state index contributed by atoms with van der Waals surface area (Å²) in [5.41, 5.74) is 6.79. The van der Waals surface area contributed by atoms with E-state index in [4.69, 9.17) is 0 Å². The number of aliphatic hydroxyl groups is 1. The van der Waals surface area contributed by atoms with Crippen molar-refractivity contribution in [1.82, 2.24) is 29.2 Å². The standard InChI is InChI=1S/C30H37N7O2/c1-19-14-22(15-27(32-19)23-17-31-36(3)18-23)29(39)34-30-33-26-9-4-21(20-10-12-35(2)13-11-20)16-28(26)37(30)24-5-7-25(38)8-6-24/h4,9,14-18,20,24-25,38H,5-8,10-13H2,1-3H3,(H,33,34,39)/t24-,25+. The molecule has 204 valence electrons. The van der Waals surface area contributed by atoms with Gasteiger partial charge in [0.05, 0.1) is 29.0 Å². The number of likely N-dealkylation sites (tertiary alicyclic amines) is 1. The Balaban J connectivity index is 1.42. The lowest BCUT2D eigenvalue weighted by Gasteiger charge is -2.29. The van der Waals surface area contributed by atoms with Crippen LogP contribution in [0.5, 0.6) is 0 Å². The molecule has 3 aromatic heterocycles. The van der Waals surface area contributed by atoms with Gasteiger partial charge in [0.2, 0.25) is 5.62 Å². The third-order valence-corrected chi connectivity index (χ3v) is 8.39. The Morgan fingerprint density at radius 1 is 1.05 bits per heavy atom. The van der Waals surface area contributed by atoms with E-state index in [1.165, 1.54) is 5.56 Å². The first kappa shape index (κ1) is 25.7. The zero-order chi connectivity index (χ0) is 27.1. The molecule has 1 aromatic carbocycles. The van der Waals surface area contributed by atoms with Crippen LogP contribution in [0.25, 0.3) is 22.3 Å². The van der Waals surface area contributed by atoms with Crippen LogP contribution in [-0.2, 0) is 7.05 Å². The quantitative estimate of drug-likeness (QED) is 0.416. The van der Waals surface area contributed by atoms with E-state index in [0.717, 1.165) is 73.9 Å². The van der Waals surface area contributed by atoms with Crippen molar-refractivity contribution in [1.29, 1.82) is 0 Å². The summed E-state index contributed by atoms with van der Waals surface area (Å²) in [5, 5.41) is 14.4. The molecule has 1 saturated heterocycles. The predicted molar refractivity (Wildman–Crippen MR) is 150 cm³/mol. The molecule has 9 nitrogen and oxygen atoms in total. The third kappa shape index (κ3) is 5.33. The number of aromatic nitrogens is 5. The van der Waals surface area contributed by atoms with Gasteiger partial charge in [-0.2, -0.15) is 10.1 Å². The molecule has 1 aliphatic heterocycles. The van der Waals surface area contributed by atoms with E-state index in [9.17, 15) is 9.90 Å². The summed E-state index contributed by atoms with van der Waals surface area (Å²) >= 11 is 0. The minimum absolute atomic E-state index is 0.173. The van der Waals surface area contributed by atoms with Gasteiger partial charge in [-0.15, -0.1) is 0 Å². The zero-order valence-electron chi connectivity index (χ0n) is 23.0. The molecule has 0 bridgehead atoms. The van der Waals surface area contributed by atoms with E-state index < -0.39 is 0 Å². The maximum Gasteiger partial charge on any atom is 0.280 e. The lowest BCUT2D eigenvalue weighted by atomic mass is 9.89. The molecular formula is C30H37N7O2. The lowest BCUT2D eigenvalue weighted by molar-refractivity contribution is 0.0990. The number of carbonyl (C=O) groups excluding carboxylic acids is 1. The Bertz CT molecular complexity index is 1560. The second kappa shape index (κ2) is 10.5. The summed E-state index contributed by atoms with van der Waals surface area (Å²) in [6.45, 7) is 4.10. The summed E-state index contributed by atoms with van der Waals surface area (Å²) in [5.74, 6) is 0.229. The monoisotopic (exact) mass is 527 g/mol. The molecule has 0 unspecified atom stereocenters. The molecular weight excluding hydrogens is 490 g/mol. The number of H-pyrrole nitrogens is 1. The minimum atomic E-state index is -0.308. The van der Waals surface area contributed by atoms with Crippen LogP contribution < -0.4 is 5.62 Å². The van der Waals surface area contributed by atoms with Crippen molar-refractivity contribution in [2.45, 2.75) is 63.5 Å². The van der Waals surface area contributed by atoms with Gasteiger partial charge in [-0.05, 0) is 101 Å². The van der Waals surface area contributed by atoms with Gasteiger partial charge in [-0.1, -0.05) is 6.07 Å². The molecule has 2 fully saturated rings. The number of piperidine rings is 1. The number of nitrogens with zero attached hydrogens (tertiary/aromatic N) is 6. The number of aryl methyl sites for hydroxylation is 2. The summed E-state index contributed by atoms with van der Waals surface area (Å²) in [4.78, 5) is 28.7. The number of nitrogens with one attached hydrogen (secondary N) is 1. The second-order valence-electron chi connectivity index (χ2n) is 11.3. The van der Waals surface area contributed by atoms with E-state index in [1.54, 1.807) is 23.0 Å². The highest BCUT2D eigenvalue weighted by Gasteiger charge is 2.25. The van der Waals surface area contributed by atoms with Gasteiger partial charge in [-0.3, -0.25) is 14.5 Å². The highest BCUT2D eigenvalue weighted by atomic mass is 16.3. The summed E-state index contributed by atoms with van der Waals surface area (Å²) < 4.78 is 3.94. The predicted octanol–water partition coefficient (Wildman–Crippen LogP) is 4.10. The largest absolute Gasteiger partial charge is 0.393 e. The van der Waals surface area contributed by atoms with Gasteiger partial charge in [0.25, 0.3) is 5.91 Å². The number of carbonyl (C=O) groups is 1. The smallest absolute Gasteiger partial charge is 0.280 e. The van der Waals surface area contributed by atoms with E-state index >= 15 is 0 Å². The molecule has 0 spiro atoms. The van der Waals surface area contributed by atoms with E-state index in [-0.39, 0.29) is 18.1 Å². The van der Waals surface area contributed by atoms with Gasteiger partial charge in [0.1, 0.15) is 0 Å². The van der Waals surface area contributed by atoms with E-state index in [1.807, 2.05) is 20.2 Å². The van der Waals surface area contributed by atoms with Gasteiger partial charge < -0.3 is 19.6 Å². The first-order valence-electron chi connectivity index (χ1n) is 14.0. The number of amides is 1. The van der Waals surface area contributed by atoms with Crippen molar-refractivity contribution < 1.29 is 9.90 Å². The number of aromatic amines is 1. The van der Waals surface area contributed by atoms with Crippen molar-refractivity contribution in [3.05, 3.63) is 65.2 Å². The second-order valence-corrected chi connectivity index (χ2v) is 11.3. The molecule has 1 saturated carbocycles. The maximum absolute atomic E-state index is 13.6.